The third kappa shape index (κ3) is 2.40. The summed E-state index contributed by atoms with van der Waals surface area (Å²) in [5.74, 6) is -0.663. The van der Waals surface area contributed by atoms with Crippen LogP contribution in [0.1, 0.15) is 21.7 Å². The molecule has 0 N–H and O–H groups in total. The van der Waals surface area contributed by atoms with Crippen LogP contribution in [-0.2, 0) is 21.3 Å². The summed E-state index contributed by atoms with van der Waals surface area (Å²) in [6.45, 7) is 4.56. The van der Waals surface area contributed by atoms with Gasteiger partial charge in [0.1, 0.15) is 0 Å². The van der Waals surface area contributed by atoms with Crippen molar-refractivity contribution in [3.8, 4) is 0 Å². The lowest BCUT2D eigenvalue weighted by atomic mass is 10.1. The van der Waals surface area contributed by atoms with Crippen molar-refractivity contribution in [2.24, 2.45) is 7.05 Å². The van der Waals surface area contributed by atoms with Gasteiger partial charge in [0.05, 0.1) is 31.6 Å². The Hall–Kier alpha value is -1.89. The first kappa shape index (κ1) is 14.5. The molecule has 1 saturated heterocycles. The molecule has 2 rings (SSSR count). The highest BCUT2D eigenvalue weighted by atomic mass is 16.5. The molecule has 1 amide bonds. The maximum absolute atomic E-state index is 12.7. The highest BCUT2D eigenvalue weighted by Crippen LogP contribution is 2.18. The first-order valence-corrected chi connectivity index (χ1v) is 6.44. The van der Waals surface area contributed by atoms with Crippen LogP contribution in [0.4, 0.5) is 0 Å². The average Bonchev–Trinajstić information content (AvgIpc) is 2.70. The van der Waals surface area contributed by atoms with Gasteiger partial charge in [0.15, 0.2) is 6.04 Å². The molecule has 0 bridgehead atoms. The van der Waals surface area contributed by atoms with E-state index in [1.54, 1.807) is 18.7 Å². The normalized spacial score (nSPS) is 19.0. The minimum atomic E-state index is -0.694. The standard InChI is InChI=1S/C13H19N3O4/c1-8-11(9(2)15(3)14-8)12(17)16-5-6-20-7-10(16)13(18)19-4/h10H,5-7H2,1-4H3. The molecule has 110 valence electrons. The van der Waals surface area contributed by atoms with Gasteiger partial charge in [-0.3, -0.25) is 9.48 Å². The Bertz CT molecular complexity index is 538. The number of rotatable bonds is 2. The number of carbonyl (C=O) groups excluding carboxylic acids is 2. The SMILES string of the molecule is COC(=O)C1COCCN1C(=O)c1c(C)nn(C)c1C. The Morgan fingerprint density at radius 2 is 2.10 bits per heavy atom. The van der Waals surface area contributed by atoms with E-state index in [1.165, 1.54) is 12.0 Å². The Labute approximate surface area is 117 Å². The number of nitrogens with zero attached hydrogens (tertiary/aromatic N) is 3. The van der Waals surface area contributed by atoms with Crippen molar-refractivity contribution in [3.05, 3.63) is 17.0 Å². The highest BCUT2D eigenvalue weighted by molar-refractivity contribution is 5.98. The number of hydrogen-bond donors (Lipinski definition) is 0. The summed E-state index contributed by atoms with van der Waals surface area (Å²) in [5.41, 5.74) is 1.98. The number of methoxy groups -OCH3 is 1. The molecule has 2 heterocycles. The Kier molecular flexibility index (Phi) is 4.08. The number of carbonyl (C=O) groups is 2. The van der Waals surface area contributed by atoms with E-state index in [4.69, 9.17) is 9.47 Å². The van der Waals surface area contributed by atoms with Crippen molar-refractivity contribution in [1.82, 2.24) is 14.7 Å². The zero-order valence-electron chi connectivity index (χ0n) is 12.2. The van der Waals surface area contributed by atoms with E-state index in [2.05, 4.69) is 5.10 Å². The molecular weight excluding hydrogens is 262 g/mol. The van der Waals surface area contributed by atoms with Crippen molar-refractivity contribution in [1.29, 1.82) is 0 Å². The zero-order valence-corrected chi connectivity index (χ0v) is 12.2. The van der Waals surface area contributed by atoms with E-state index >= 15 is 0 Å². The second-order valence-corrected chi connectivity index (χ2v) is 4.78. The molecule has 0 spiro atoms. The first-order valence-electron chi connectivity index (χ1n) is 6.44. The lowest BCUT2D eigenvalue weighted by molar-refractivity contribution is -0.151. The van der Waals surface area contributed by atoms with Gasteiger partial charge in [0, 0.05) is 19.3 Å². The molecule has 1 fully saturated rings. The third-order valence-electron chi connectivity index (χ3n) is 3.59. The largest absolute Gasteiger partial charge is 0.467 e. The molecule has 1 unspecified atom stereocenters. The van der Waals surface area contributed by atoms with Crippen LogP contribution in [0.25, 0.3) is 0 Å². The zero-order chi connectivity index (χ0) is 14.9. The second kappa shape index (κ2) is 5.62. The van der Waals surface area contributed by atoms with E-state index in [0.717, 1.165) is 5.69 Å². The monoisotopic (exact) mass is 281 g/mol. The molecule has 0 aliphatic carbocycles. The molecule has 0 saturated carbocycles. The van der Waals surface area contributed by atoms with Crippen LogP contribution in [0, 0.1) is 13.8 Å². The lowest BCUT2D eigenvalue weighted by Crippen LogP contribution is -2.53. The van der Waals surface area contributed by atoms with Crippen molar-refractivity contribution in [3.63, 3.8) is 0 Å². The van der Waals surface area contributed by atoms with Crippen molar-refractivity contribution in [2.75, 3.05) is 26.9 Å². The van der Waals surface area contributed by atoms with Gasteiger partial charge in [-0.15, -0.1) is 0 Å². The topological polar surface area (TPSA) is 73.7 Å². The van der Waals surface area contributed by atoms with E-state index in [1.807, 2.05) is 6.92 Å². The summed E-state index contributed by atoms with van der Waals surface area (Å²) in [5, 5.41) is 4.24. The number of ether oxygens (including phenoxy) is 2. The van der Waals surface area contributed by atoms with Crippen LogP contribution in [0.3, 0.4) is 0 Å². The van der Waals surface area contributed by atoms with Crippen LogP contribution < -0.4 is 0 Å². The van der Waals surface area contributed by atoms with Crippen LogP contribution in [0.15, 0.2) is 0 Å². The second-order valence-electron chi connectivity index (χ2n) is 4.78. The van der Waals surface area contributed by atoms with Gasteiger partial charge >= 0.3 is 5.97 Å². The van der Waals surface area contributed by atoms with Crippen LogP contribution in [-0.4, -0.2) is 59.5 Å². The molecule has 1 aliphatic heterocycles. The summed E-state index contributed by atoms with van der Waals surface area (Å²) < 4.78 is 11.7. The first-order chi connectivity index (χ1) is 9.47. The van der Waals surface area contributed by atoms with Gasteiger partial charge in [0.25, 0.3) is 5.91 Å². The van der Waals surface area contributed by atoms with E-state index in [-0.39, 0.29) is 12.5 Å². The summed E-state index contributed by atoms with van der Waals surface area (Å²) in [7, 11) is 3.09. The summed E-state index contributed by atoms with van der Waals surface area (Å²) in [6, 6.07) is -0.694. The average molecular weight is 281 g/mol. The van der Waals surface area contributed by atoms with Gasteiger partial charge in [-0.25, -0.2) is 4.79 Å². The number of esters is 1. The fourth-order valence-corrected chi connectivity index (χ4v) is 2.40. The van der Waals surface area contributed by atoms with Crippen molar-refractivity contribution >= 4 is 11.9 Å². The minimum absolute atomic E-state index is 0.163. The quantitative estimate of drug-likeness (QED) is 0.716. The lowest BCUT2D eigenvalue weighted by Gasteiger charge is -2.33. The van der Waals surface area contributed by atoms with E-state index in [9.17, 15) is 9.59 Å². The predicted octanol–water partition coefficient (Wildman–Crippen LogP) is 0.0509. The van der Waals surface area contributed by atoms with Crippen LogP contribution in [0.5, 0.6) is 0 Å². The van der Waals surface area contributed by atoms with E-state index in [0.29, 0.717) is 24.4 Å². The van der Waals surface area contributed by atoms with Crippen LogP contribution in [0.2, 0.25) is 0 Å². The maximum Gasteiger partial charge on any atom is 0.331 e. The molecule has 20 heavy (non-hydrogen) atoms. The maximum atomic E-state index is 12.7. The summed E-state index contributed by atoms with van der Waals surface area (Å²) in [6.07, 6.45) is 0. The molecule has 1 aromatic rings. The number of amides is 1. The number of aromatic nitrogens is 2. The minimum Gasteiger partial charge on any atom is -0.467 e. The molecule has 0 aromatic carbocycles. The van der Waals surface area contributed by atoms with Gasteiger partial charge in [-0.05, 0) is 13.8 Å². The third-order valence-corrected chi connectivity index (χ3v) is 3.59. The van der Waals surface area contributed by atoms with Gasteiger partial charge in [-0.2, -0.15) is 5.10 Å². The molecule has 7 nitrogen and oxygen atoms in total. The Morgan fingerprint density at radius 1 is 1.40 bits per heavy atom. The fraction of sp³-hybridized carbons (Fsp3) is 0.615. The predicted molar refractivity (Wildman–Crippen MR) is 70.3 cm³/mol. The molecule has 7 heteroatoms. The summed E-state index contributed by atoms with van der Waals surface area (Å²) >= 11 is 0. The van der Waals surface area contributed by atoms with Crippen molar-refractivity contribution < 1.29 is 19.1 Å². The van der Waals surface area contributed by atoms with Gasteiger partial charge in [0.2, 0.25) is 0 Å². The Balaban J connectivity index is 2.32. The molecule has 1 atom stereocenters. The summed E-state index contributed by atoms with van der Waals surface area (Å²) in [4.78, 5) is 26.0. The van der Waals surface area contributed by atoms with Crippen molar-refractivity contribution in [2.45, 2.75) is 19.9 Å². The Morgan fingerprint density at radius 3 is 2.65 bits per heavy atom. The van der Waals surface area contributed by atoms with Gasteiger partial charge < -0.3 is 14.4 Å². The molecule has 1 aliphatic rings. The highest BCUT2D eigenvalue weighted by Gasteiger charge is 2.35. The number of hydrogen-bond acceptors (Lipinski definition) is 5. The molecular formula is C13H19N3O4. The fourth-order valence-electron chi connectivity index (χ4n) is 2.40. The van der Waals surface area contributed by atoms with E-state index < -0.39 is 12.0 Å². The smallest absolute Gasteiger partial charge is 0.331 e. The molecule has 1 aromatic heterocycles. The van der Waals surface area contributed by atoms with Crippen LogP contribution >= 0.6 is 0 Å². The number of aryl methyl sites for hydroxylation is 2. The molecule has 0 radical (unpaired) electrons. The number of morpholine rings is 1. The van der Waals surface area contributed by atoms with Gasteiger partial charge in [-0.1, -0.05) is 0 Å².